The Morgan fingerprint density at radius 1 is 0.963 bits per heavy atom. The Hall–Kier alpha value is -3.08. The summed E-state index contributed by atoms with van der Waals surface area (Å²) in [6.07, 6.45) is 1.69. The summed E-state index contributed by atoms with van der Waals surface area (Å²) in [6.45, 7) is 3.31. The van der Waals surface area contributed by atoms with Gasteiger partial charge < -0.3 is 14.2 Å². The minimum Gasteiger partial charge on any atom is -0.490 e. The van der Waals surface area contributed by atoms with E-state index in [2.05, 4.69) is 6.58 Å². The third-order valence-corrected chi connectivity index (χ3v) is 4.00. The van der Waals surface area contributed by atoms with Crippen LogP contribution >= 0.6 is 0 Å². The molecule has 3 aromatic rings. The van der Waals surface area contributed by atoms with Crippen LogP contribution in [0, 0.1) is 0 Å². The number of rotatable bonds is 8. The monoisotopic (exact) mass is 370 g/mol. The molecule has 3 rings (SSSR count). The first-order valence-electron chi connectivity index (χ1n) is 8.61. The number of benzene rings is 3. The first kappa shape index (κ1) is 18.7. The number of ether oxygens (including phenoxy) is 3. The minimum atomic E-state index is -2.92. The van der Waals surface area contributed by atoms with Crippen molar-refractivity contribution in [2.45, 2.75) is 13.5 Å². The SMILES string of the molecule is C=CCOc1ccc(-c2ccc3c(OC(F)F)c(OCC)ccc3c2)cc1. The summed E-state index contributed by atoms with van der Waals surface area (Å²) in [5, 5.41) is 1.37. The maximum absolute atomic E-state index is 12.8. The highest BCUT2D eigenvalue weighted by Crippen LogP contribution is 2.38. The molecule has 5 heteroatoms. The number of alkyl halides is 2. The van der Waals surface area contributed by atoms with Gasteiger partial charge in [-0.15, -0.1) is 0 Å². The van der Waals surface area contributed by atoms with Crippen LogP contribution < -0.4 is 14.2 Å². The average Bonchev–Trinajstić information content (AvgIpc) is 2.68. The topological polar surface area (TPSA) is 27.7 Å². The summed E-state index contributed by atoms with van der Waals surface area (Å²) in [6, 6.07) is 16.7. The van der Waals surface area contributed by atoms with E-state index in [0.717, 1.165) is 22.3 Å². The van der Waals surface area contributed by atoms with Crippen LogP contribution in [0.15, 0.2) is 67.3 Å². The van der Waals surface area contributed by atoms with Crippen molar-refractivity contribution >= 4 is 10.8 Å². The summed E-state index contributed by atoms with van der Waals surface area (Å²) in [7, 11) is 0. The molecule has 3 aromatic carbocycles. The largest absolute Gasteiger partial charge is 0.490 e. The van der Waals surface area contributed by atoms with Crippen molar-refractivity contribution in [2.24, 2.45) is 0 Å². The highest BCUT2D eigenvalue weighted by Gasteiger charge is 2.15. The molecular formula is C22H20F2O3. The van der Waals surface area contributed by atoms with Gasteiger partial charge in [-0.2, -0.15) is 8.78 Å². The Morgan fingerprint density at radius 2 is 1.70 bits per heavy atom. The quantitative estimate of drug-likeness (QED) is 0.450. The van der Waals surface area contributed by atoms with Gasteiger partial charge in [0, 0.05) is 5.39 Å². The van der Waals surface area contributed by atoms with Crippen molar-refractivity contribution in [1.29, 1.82) is 0 Å². The molecule has 0 aromatic heterocycles. The number of halogens is 2. The molecule has 0 radical (unpaired) electrons. The first-order valence-corrected chi connectivity index (χ1v) is 8.61. The minimum absolute atomic E-state index is 0.0593. The molecule has 0 aliphatic heterocycles. The van der Waals surface area contributed by atoms with Crippen molar-refractivity contribution in [3.05, 3.63) is 67.3 Å². The van der Waals surface area contributed by atoms with E-state index in [-0.39, 0.29) is 5.75 Å². The lowest BCUT2D eigenvalue weighted by molar-refractivity contribution is -0.0503. The van der Waals surface area contributed by atoms with Gasteiger partial charge in [0.1, 0.15) is 12.4 Å². The molecule has 0 fully saturated rings. The van der Waals surface area contributed by atoms with Gasteiger partial charge in [-0.3, -0.25) is 0 Å². The second-order valence-corrected chi connectivity index (χ2v) is 5.76. The highest BCUT2D eigenvalue weighted by molar-refractivity contribution is 5.93. The van der Waals surface area contributed by atoms with E-state index in [9.17, 15) is 8.78 Å². The van der Waals surface area contributed by atoms with E-state index in [0.29, 0.717) is 24.3 Å². The van der Waals surface area contributed by atoms with E-state index in [1.54, 1.807) is 25.1 Å². The number of hydrogen-bond acceptors (Lipinski definition) is 3. The molecule has 0 aliphatic carbocycles. The third-order valence-electron chi connectivity index (χ3n) is 4.00. The van der Waals surface area contributed by atoms with Crippen molar-refractivity contribution in [3.8, 4) is 28.4 Å². The van der Waals surface area contributed by atoms with Crippen LogP contribution in [0.3, 0.4) is 0 Å². The molecule has 0 atom stereocenters. The molecule has 0 N–H and O–H groups in total. The molecule has 0 bridgehead atoms. The Labute approximate surface area is 156 Å². The van der Waals surface area contributed by atoms with Gasteiger partial charge in [0.05, 0.1) is 6.61 Å². The molecule has 0 saturated heterocycles. The highest BCUT2D eigenvalue weighted by atomic mass is 19.3. The summed E-state index contributed by atoms with van der Waals surface area (Å²) >= 11 is 0. The average molecular weight is 370 g/mol. The van der Waals surface area contributed by atoms with E-state index < -0.39 is 6.61 Å². The lowest BCUT2D eigenvalue weighted by Gasteiger charge is -2.14. The Kier molecular flexibility index (Phi) is 5.91. The molecular weight excluding hydrogens is 350 g/mol. The van der Waals surface area contributed by atoms with Crippen LogP contribution in [0.5, 0.6) is 17.2 Å². The van der Waals surface area contributed by atoms with Crippen molar-refractivity contribution < 1.29 is 23.0 Å². The van der Waals surface area contributed by atoms with Crippen LogP contribution in [0.2, 0.25) is 0 Å². The number of hydrogen-bond donors (Lipinski definition) is 0. The molecule has 140 valence electrons. The normalized spacial score (nSPS) is 10.8. The van der Waals surface area contributed by atoms with Crippen LogP contribution in [0.1, 0.15) is 6.92 Å². The van der Waals surface area contributed by atoms with Gasteiger partial charge in [0.2, 0.25) is 0 Å². The van der Waals surface area contributed by atoms with Crippen molar-refractivity contribution in [3.63, 3.8) is 0 Å². The zero-order valence-corrected chi connectivity index (χ0v) is 15.0. The van der Waals surface area contributed by atoms with Gasteiger partial charge in [-0.25, -0.2) is 0 Å². The van der Waals surface area contributed by atoms with Crippen molar-refractivity contribution in [2.75, 3.05) is 13.2 Å². The fourth-order valence-electron chi connectivity index (χ4n) is 2.84. The van der Waals surface area contributed by atoms with Crippen LogP contribution in [-0.2, 0) is 0 Å². The van der Waals surface area contributed by atoms with E-state index in [1.807, 2.05) is 42.5 Å². The molecule has 0 unspecified atom stereocenters. The smallest absolute Gasteiger partial charge is 0.387 e. The molecule has 3 nitrogen and oxygen atoms in total. The molecule has 27 heavy (non-hydrogen) atoms. The second-order valence-electron chi connectivity index (χ2n) is 5.76. The van der Waals surface area contributed by atoms with Gasteiger partial charge in [0.15, 0.2) is 11.5 Å². The summed E-state index contributed by atoms with van der Waals surface area (Å²) in [5.41, 5.74) is 1.96. The van der Waals surface area contributed by atoms with Crippen LogP contribution in [0.4, 0.5) is 8.78 Å². The summed E-state index contributed by atoms with van der Waals surface area (Å²) < 4.78 is 41.3. The lowest BCUT2D eigenvalue weighted by atomic mass is 10.0. The number of fused-ring (bicyclic) bond motifs is 1. The van der Waals surface area contributed by atoms with E-state index in [4.69, 9.17) is 14.2 Å². The predicted molar refractivity (Wildman–Crippen MR) is 103 cm³/mol. The standard InChI is InChI=1S/C22H20F2O3/c1-3-13-26-18-9-5-15(6-10-18)16-7-11-19-17(14-16)8-12-20(25-4-2)21(19)27-22(23)24/h3,5-12,14,22H,1,4,13H2,2H3. The predicted octanol–water partition coefficient (Wildman–Crippen LogP) is 6.07. The van der Waals surface area contributed by atoms with E-state index >= 15 is 0 Å². The Morgan fingerprint density at radius 3 is 2.37 bits per heavy atom. The second kappa shape index (κ2) is 8.54. The van der Waals surface area contributed by atoms with Crippen LogP contribution in [-0.4, -0.2) is 19.8 Å². The maximum Gasteiger partial charge on any atom is 0.387 e. The molecule has 0 heterocycles. The molecule has 0 spiro atoms. The summed E-state index contributed by atoms with van der Waals surface area (Å²) in [4.78, 5) is 0. The van der Waals surface area contributed by atoms with E-state index in [1.165, 1.54) is 0 Å². The van der Waals surface area contributed by atoms with Gasteiger partial charge in [0.25, 0.3) is 0 Å². The Bertz CT molecular complexity index is 921. The zero-order chi connectivity index (χ0) is 19.2. The molecule has 0 saturated carbocycles. The fourth-order valence-corrected chi connectivity index (χ4v) is 2.84. The van der Waals surface area contributed by atoms with Gasteiger partial charge in [-0.1, -0.05) is 36.9 Å². The van der Waals surface area contributed by atoms with Gasteiger partial charge >= 0.3 is 6.61 Å². The maximum atomic E-state index is 12.8. The lowest BCUT2D eigenvalue weighted by Crippen LogP contribution is -2.05. The van der Waals surface area contributed by atoms with Crippen molar-refractivity contribution in [1.82, 2.24) is 0 Å². The molecule has 0 aliphatic rings. The summed E-state index contributed by atoms with van der Waals surface area (Å²) in [5.74, 6) is 1.12. The fraction of sp³-hybridized carbons (Fsp3) is 0.182. The molecule has 0 amide bonds. The zero-order valence-electron chi connectivity index (χ0n) is 15.0. The Balaban J connectivity index is 1.97. The van der Waals surface area contributed by atoms with Gasteiger partial charge in [-0.05, 0) is 53.8 Å². The van der Waals surface area contributed by atoms with Crippen LogP contribution in [0.25, 0.3) is 21.9 Å². The first-order chi connectivity index (χ1) is 13.1. The third kappa shape index (κ3) is 4.37.